The van der Waals surface area contributed by atoms with Gasteiger partial charge in [0, 0.05) is 37.6 Å². The number of piperidine rings is 1. The molecule has 146 valence electrons. The van der Waals surface area contributed by atoms with Gasteiger partial charge in [0.15, 0.2) is 0 Å². The standard InChI is InChI=1S/C19H32N4O2S/c1-5-22(6-2)19(25)23-11-7-9-15(14-23)18(24)20-13-16(21(3)4)17-10-8-12-26-17/h8,10,12,15-16H,5-7,9,11,13-14H2,1-4H3,(H,20,24)/t15-,16-/m0/s1. The number of amides is 3. The molecule has 0 radical (unpaired) electrons. The van der Waals surface area contributed by atoms with Crippen molar-refractivity contribution in [3.63, 3.8) is 0 Å². The maximum absolute atomic E-state index is 12.7. The average Bonchev–Trinajstić information content (AvgIpc) is 3.16. The topological polar surface area (TPSA) is 55.9 Å². The maximum Gasteiger partial charge on any atom is 0.320 e. The van der Waals surface area contributed by atoms with Crippen molar-refractivity contribution in [1.82, 2.24) is 20.0 Å². The van der Waals surface area contributed by atoms with Crippen molar-refractivity contribution in [3.05, 3.63) is 22.4 Å². The van der Waals surface area contributed by atoms with Gasteiger partial charge in [-0.25, -0.2) is 4.79 Å². The van der Waals surface area contributed by atoms with Gasteiger partial charge >= 0.3 is 6.03 Å². The van der Waals surface area contributed by atoms with Gasteiger partial charge in [-0.3, -0.25) is 4.79 Å². The van der Waals surface area contributed by atoms with Crippen molar-refractivity contribution in [2.45, 2.75) is 32.7 Å². The number of likely N-dealkylation sites (N-methyl/N-ethyl adjacent to an activating group) is 1. The fourth-order valence-corrected chi connectivity index (χ4v) is 4.34. The normalized spacial score (nSPS) is 18.7. The quantitative estimate of drug-likeness (QED) is 0.791. The summed E-state index contributed by atoms with van der Waals surface area (Å²) in [6, 6.07) is 4.37. The lowest BCUT2D eigenvalue weighted by Gasteiger charge is -2.35. The monoisotopic (exact) mass is 380 g/mol. The number of rotatable bonds is 7. The van der Waals surface area contributed by atoms with E-state index in [1.165, 1.54) is 4.88 Å². The van der Waals surface area contributed by atoms with Crippen LogP contribution < -0.4 is 5.32 Å². The Kier molecular flexibility index (Phi) is 7.90. The van der Waals surface area contributed by atoms with Crippen molar-refractivity contribution in [1.29, 1.82) is 0 Å². The highest BCUT2D eigenvalue weighted by atomic mass is 32.1. The number of carbonyl (C=O) groups excluding carboxylic acids is 2. The SMILES string of the molecule is CCN(CC)C(=O)N1CCC[C@H](C(=O)NC[C@@H](c2cccs2)N(C)C)C1. The molecule has 2 atom stereocenters. The molecule has 0 spiro atoms. The van der Waals surface area contributed by atoms with Gasteiger partial charge in [-0.05, 0) is 52.2 Å². The Bertz CT molecular complexity index is 572. The van der Waals surface area contributed by atoms with Crippen LogP contribution in [-0.4, -0.2) is 73.5 Å². The molecule has 0 unspecified atom stereocenters. The van der Waals surface area contributed by atoms with Crippen LogP contribution in [0.5, 0.6) is 0 Å². The molecule has 1 aliphatic rings. The van der Waals surface area contributed by atoms with Crippen molar-refractivity contribution in [2.75, 3.05) is 46.8 Å². The van der Waals surface area contributed by atoms with Crippen molar-refractivity contribution in [3.8, 4) is 0 Å². The zero-order valence-electron chi connectivity index (χ0n) is 16.4. The summed E-state index contributed by atoms with van der Waals surface area (Å²) in [5.41, 5.74) is 0. The third-order valence-corrected chi connectivity index (χ3v) is 6.03. The Morgan fingerprint density at radius 3 is 2.65 bits per heavy atom. The fraction of sp³-hybridized carbons (Fsp3) is 0.684. The summed E-state index contributed by atoms with van der Waals surface area (Å²) < 4.78 is 0. The van der Waals surface area contributed by atoms with Crippen LogP contribution in [0.1, 0.15) is 37.6 Å². The van der Waals surface area contributed by atoms with Gasteiger partial charge in [-0.15, -0.1) is 11.3 Å². The lowest BCUT2D eigenvalue weighted by atomic mass is 9.97. The van der Waals surface area contributed by atoms with Crippen LogP contribution in [0.15, 0.2) is 17.5 Å². The van der Waals surface area contributed by atoms with E-state index in [1.54, 1.807) is 11.3 Å². The van der Waals surface area contributed by atoms with E-state index in [4.69, 9.17) is 0 Å². The van der Waals surface area contributed by atoms with Gasteiger partial charge in [0.1, 0.15) is 0 Å². The number of nitrogens with zero attached hydrogens (tertiary/aromatic N) is 3. The van der Waals surface area contributed by atoms with Crippen LogP contribution in [-0.2, 0) is 4.79 Å². The van der Waals surface area contributed by atoms with Crippen LogP contribution in [0.25, 0.3) is 0 Å². The summed E-state index contributed by atoms with van der Waals surface area (Å²) >= 11 is 1.71. The predicted molar refractivity (Wildman–Crippen MR) is 106 cm³/mol. The van der Waals surface area contributed by atoms with E-state index in [0.29, 0.717) is 26.2 Å². The predicted octanol–water partition coefficient (Wildman–Crippen LogP) is 2.64. The van der Waals surface area contributed by atoms with E-state index in [9.17, 15) is 9.59 Å². The zero-order valence-corrected chi connectivity index (χ0v) is 17.2. The van der Waals surface area contributed by atoms with Gasteiger partial charge in [0.2, 0.25) is 5.91 Å². The van der Waals surface area contributed by atoms with E-state index in [2.05, 4.69) is 21.7 Å². The first-order valence-corrected chi connectivity index (χ1v) is 10.4. The van der Waals surface area contributed by atoms with E-state index < -0.39 is 0 Å². The largest absolute Gasteiger partial charge is 0.354 e. The van der Waals surface area contributed by atoms with Crippen LogP contribution in [0.4, 0.5) is 4.79 Å². The van der Waals surface area contributed by atoms with Crippen molar-refractivity contribution < 1.29 is 9.59 Å². The summed E-state index contributed by atoms with van der Waals surface area (Å²) in [7, 11) is 4.06. The first kappa shape index (κ1) is 20.7. The molecule has 6 nitrogen and oxygen atoms in total. The smallest absolute Gasteiger partial charge is 0.320 e. The molecule has 26 heavy (non-hydrogen) atoms. The van der Waals surface area contributed by atoms with Crippen LogP contribution >= 0.6 is 11.3 Å². The molecule has 0 aromatic carbocycles. The molecule has 1 fully saturated rings. The van der Waals surface area contributed by atoms with Gasteiger partial charge in [-0.1, -0.05) is 6.07 Å². The highest BCUT2D eigenvalue weighted by molar-refractivity contribution is 7.10. The molecule has 3 amide bonds. The van der Waals surface area contributed by atoms with Crippen LogP contribution in [0.3, 0.4) is 0 Å². The molecule has 0 bridgehead atoms. The first-order chi connectivity index (χ1) is 12.5. The Balaban J connectivity index is 1.91. The highest BCUT2D eigenvalue weighted by Crippen LogP contribution is 2.23. The number of hydrogen-bond acceptors (Lipinski definition) is 4. The van der Waals surface area contributed by atoms with E-state index >= 15 is 0 Å². The van der Waals surface area contributed by atoms with Gasteiger partial charge in [-0.2, -0.15) is 0 Å². The molecule has 7 heteroatoms. The number of carbonyl (C=O) groups is 2. The lowest BCUT2D eigenvalue weighted by molar-refractivity contribution is -0.126. The average molecular weight is 381 g/mol. The minimum Gasteiger partial charge on any atom is -0.354 e. The third-order valence-electron chi connectivity index (χ3n) is 5.06. The molecule has 1 N–H and O–H groups in total. The molecule has 1 saturated heterocycles. The molecule has 1 aliphatic heterocycles. The Morgan fingerprint density at radius 1 is 1.35 bits per heavy atom. The summed E-state index contributed by atoms with van der Waals surface area (Å²) in [5.74, 6) is -0.0557. The zero-order chi connectivity index (χ0) is 19.1. The first-order valence-electron chi connectivity index (χ1n) is 9.49. The Morgan fingerprint density at radius 2 is 2.08 bits per heavy atom. The Labute approximate surface area is 161 Å². The molecular formula is C19H32N4O2S. The highest BCUT2D eigenvalue weighted by Gasteiger charge is 2.30. The molecule has 2 heterocycles. The Hall–Kier alpha value is -1.60. The number of thiophene rings is 1. The van der Waals surface area contributed by atoms with Crippen molar-refractivity contribution >= 4 is 23.3 Å². The number of likely N-dealkylation sites (tertiary alicyclic amines) is 1. The molecule has 1 aromatic heterocycles. The summed E-state index contributed by atoms with van der Waals surface area (Å²) in [6.07, 6.45) is 1.73. The van der Waals surface area contributed by atoms with E-state index in [-0.39, 0.29) is 23.9 Å². The minimum absolute atomic E-state index is 0.0530. The number of nitrogens with one attached hydrogen (secondary N) is 1. The summed E-state index contributed by atoms with van der Waals surface area (Å²) in [5, 5.41) is 5.17. The van der Waals surface area contributed by atoms with Gasteiger partial charge < -0.3 is 20.0 Å². The second kappa shape index (κ2) is 9.92. The lowest BCUT2D eigenvalue weighted by Crippen LogP contribution is -2.50. The molecule has 0 aliphatic carbocycles. The molecule has 0 saturated carbocycles. The minimum atomic E-state index is -0.116. The second-order valence-electron chi connectivity index (χ2n) is 6.98. The molecular weight excluding hydrogens is 348 g/mol. The van der Waals surface area contributed by atoms with Gasteiger partial charge in [0.25, 0.3) is 0 Å². The second-order valence-corrected chi connectivity index (χ2v) is 7.96. The maximum atomic E-state index is 12.7. The summed E-state index contributed by atoms with van der Waals surface area (Å²) in [4.78, 5) is 32.3. The molecule has 1 aromatic rings. The third kappa shape index (κ3) is 5.20. The van der Waals surface area contributed by atoms with Crippen molar-refractivity contribution in [2.24, 2.45) is 5.92 Å². The van der Waals surface area contributed by atoms with E-state index in [0.717, 1.165) is 19.4 Å². The van der Waals surface area contributed by atoms with Crippen LogP contribution in [0, 0.1) is 5.92 Å². The van der Waals surface area contributed by atoms with E-state index in [1.807, 2.05) is 43.8 Å². The van der Waals surface area contributed by atoms with Crippen LogP contribution in [0.2, 0.25) is 0 Å². The number of hydrogen-bond donors (Lipinski definition) is 1. The number of urea groups is 1. The molecule has 2 rings (SSSR count). The summed E-state index contributed by atoms with van der Waals surface area (Å²) in [6.45, 7) is 7.24. The fourth-order valence-electron chi connectivity index (χ4n) is 3.42. The van der Waals surface area contributed by atoms with Gasteiger partial charge in [0.05, 0.1) is 12.0 Å².